The van der Waals surface area contributed by atoms with Gasteiger partial charge in [-0.3, -0.25) is 4.72 Å². The minimum Gasteiger partial charge on any atom is -0.478 e. The molecule has 7 nitrogen and oxygen atoms in total. The zero-order chi connectivity index (χ0) is 23.6. The number of nitrogens with zero attached hydrogens (tertiary/aromatic N) is 2. The number of hydrogen-bond acceptors (Lipinski definition) is 5. The van der Waals surface area contributed by atoms with E-state index in [0.29, 0.717) is 37.4 Å². The lowest BCUT2D eigenvalue weighted by Gasteiger charge is -2.38. The molecule has 0 spiro atoms. The molecule has 0 amide bonds. The molecule has 4 rings (SSSR count). The Morgan fingerprint density at radius 1 is 0.939 bits per heavy atom. The largest absolute Gasteiger partial charge is 0.478 e. The fraction of sp³-hybridized carbons (Fsp3) is 0.208. The van der Waals surface area contributed by atoms with Gasteiger partial charge in [0.15, 0.2) is 0 Å². The number of halogens is 1. The Labute approximate surface area is 192 Å². The van der Waals surface area contributed by atoms with E-state index >= 15 is 0 Å². The maximum absolute atomic E-state index is 13.2. The van der Waals surface area contributed by atoms with E-state index in [1.165, 1.54) is 30.3 Å². The first kappa shape index (κ1) is 22.6. The lowest BCUT2D eigenvalue weighted by Crippen LogP contribution is -2.46. The molecule has 0 bridgehead atoms. The summed E-state index contributed by atoms with van der Waals surface area (Å²) in [7, 11) is -3.92. The Bertz CT molecular complexity index is 1270. The van der Waals surface area contributed by atoms with E-state index in [1.807, 2.05) is 4.90 Å². The first-order chi connectivity index (χ1) is 15.7. The average Bonchev–Trinajstić information content (AvgIpc) is 2.79. The molecule has 0 radical (unpaired) electrons. The zero-order valence-corrected chi connectivity index (χ0v) is 18.8. The third-order valence-electron chi connectivity index (χ3n) is 5.68. The van der Waals surface area contributed by atoms with Gasteiger partial charge in [-0.05, 0) is 61.0 Å². The molecule has 1 fully saturated rings. The van der Waals surface area contributed by atoms with Gasteiger partial charge < -0.3 is 14.9 Å². The topological polar surface area (TPSA) is 89.9 Å². The summed E-state index contributed by atoms with van der Waals surface area (Å²) >= 11 is 0. The van der Waals surface area contributed by atoms with E-state index in [4.69, 9.17) is 0 Å². The van der Waals surface area contributed by atoms with Gasteiger partial charge >= 0.3 is 5.97 Å². The summed E-state index contributed by atoms with van der Waals surface area (Å²) in [6, 6.07) is 17.4. The highest BCUT2D eigenvalue weighted by Crippen LogP contribution is 2.31. The molecule has 1 aliphatic heterocycles. The molecule has 0 unspecified atom stereocenters. The molecular weight excluding hydrogens is 445 g/mol. The van der Waals surface area contributed by atoms with Gasteiger partial charge in [0.25, 0.3) is 10.0 Å². The Hall–Kier alpha value is -3.59. The second-order valence-electron chi connectivity index (χ2n) is 7.86. The molecule has 33 heavy (non-hydrogen) atoms. The van der Waals surface area contributed by atoms with Crippen molar-refractivity contribution < 1.29 is 22.7 Å². The van der Waals surface area contributed by atoms with Crippen LogP contribution in [0, 0.1) is 12.7 Å². The number of anilines is 3. The van der Waals surface area contributed by atoms with Gasteiger partial charge in [-0.25, -0.2) is 17.6 Å². The molecule has 1 saturated heterocycles. The molecule has 3 aromatic carbocycles. The molecular formula is C24H24FN3O4S. The Balaban J connectivity index is 1.61. The Morgan fingerprint density at radius 3 is 2.21 bits per heavy atom. The number of carboxylic acid groups (broad SMARTS) is 1. The van der Waals surface area contributed by atoms with E-state index in [2.05, 4.69) is 9.62 Å². The van der Waals surface area contributed by atoms with Crippen LogP contribution in [0.4, 0.5) is 21.5 Å². The number of rotatable bonds is 6. The fourth-order valence-corrected chi connectivity index (χ4v) is 5.25. The number of aromatic carboxylic acids is 1. The van der Waals surface area contributed by atoms with Gasteiger partial charge in [-0.2, -0.15) is 0 Å². The van der Waals surface area contributed by atoms with E-state index in [1.54, 1.807) is 43.3 Å². The van der Waals surface area contributed by atoms with Crippen LogP contribution in [0.2, 0.25) is 0 Å². The first-order valence-electron chi connectivity index (χ1n) is 10.5. The summed E-state index contributed by atoms with van der Waals surface area (Å²) in [6.45, 7) is 4.18. The van der Waals surface area contributed by atoms with Crippen LogP contribution in [0.15, 0.2) is 71.6 Å². The highest BCUT2D eigenvalue weighted by Gasteiger charge is 2.24. The van der Waals surface area contributed by atoms with Crippen LogP contribution < -0.4 is 14.5 Å². The quantitative estimate of drug-likeness (QED) is 0.568. The lowest BCUT2D eigenvalue weighted by atomic mass is 10.1. The standard InChI is InChI=1S/C24H24FN3O4S/c1-17-4-2-3-5-23(17)33(31,32)26-21-16-18(24(29)30)6-11-22(21)28-14-12-27(13-15-28)20-9-7-19(25)8-10-20/h2-11,16,26H,12-15H2,1H3,(H,29,30). The molecule has 0 aliphatic carbocycles. The SMILES string of the molecule is Cc1ccccc1S(=O)(=O)Nc1cc(C(=O)O)ccc1N1CCN(c2ccc(F)cc2)CC1. The van der Waals surface area contributed by atoms with Crippen LogP contribution in [0.25, 0.3) is 0 Å². The van der Waals surface area contributed by atoms with Gasteiger partial charge in [0, 0.05) is 31.9 Å². The van der Waals surface area contributed by atoms with Gasteiger partial charge in [0.05, 0.1) is 21.8 Å². The Morgan fingerprint density at radius 2 is 1.58 bits per heavy atom. The second kappa shape index (κ2) is 9.11. The number of aryl methyl sites for hydroxylation is 1. The summed E-state index contributed by atoms with van der Waals surface area (Å²) in [6.07, 6.45) is 0. The minimum atomic E-state index is -3.92. The number of nitrogens with one attached hydrogen (secondary N) is 1. The maximum atomic E-state index is 13.2. The van der Waals surface area contributed by atoms with E-state index in [9.17, 15) is 22.7 Å². The van der Waals surface area contributed by atoms with E-state index < -0.39 is 16.0 Å². The van der Waals surface area contributed by atoms with E-state index in [0.717, 1.165) is 5.69 Å². The predicted octanol–water partition coefficient (Wildman–Crippen LogP) is 3.96. The molecule has 0 atom stereocenters. The van der Waals surface area contributed by atoms with Gasteiger partial charge in [0.1, 0.15) is 5.82 Å². The van der Waals surface area contributed by atoms with Gasteiger partial charge in [-0.1, -0.05) is 18.2 Å². The zero-order valence-electron chi connectivity index (χ0n) is 18.0. The second-order valence-corrected chi connectivity index (χ2v) is 9.51. The van der Waals surface area contributed by atoms with Crippen molar-refractivity contribution in [1.29, 1.82) is 0 Å². The summed E-state index contributed by atoms with van der Waals surface area (Å²) in [5.41, 5.74) is 2.32. The first-order valence-corrected chi connectivity index (χ1v) is 11.9. The van der Waals surface area contributed by atoms with Crippen molar-refractivity contribution in [3.8, 4) is 0 Å². The van der Waals surface area contributed by atoms with Crippen LogP contribution in [-0.2, 0) is 10.0 Å². The van der Waals surface area contributed by atoms with Crippen LogP contribution in [0.3, 0.4) is 0 Å². The summed E-state index contributed by atoms with van der Waals surface area (Å²) in [5, 5.41) is 9.43. The molecule has 172 valence electrons. The molecule has 2 N–H and O–H groups in total. The fourth-order valence-electron chi connectivity index (χ4n) is 3.94. The van der Waals surface area contributed by atoms with E-state index in [-0.39, 0.29) is 22.0 Å². The number of hydrogen-bond donors (Lipinski definition) is 2. The van der Waals surface area contributed by atoms with Crippen LogP contribution >= 0.6 is 0 Å². The number of benzene rings is 3. The summed E-state index contributed by atoms with van der Waals surface area (Å²) in [5.74, 6) is -1.43. The lowest BCUT2D eigenvalue weighted by molar-refractivity contribution is 0.0697. The third-order valence-corrected chi connectivity index (χ3v) is 7.21. The predicted molar refractivity (Wildman–Crippen MR) is 126 cm³/mol. The molecule has 0 saturated carbocycles. The number of carbonyl (C=O) groups is 1. The minimum absolute atomic E-state index is 0.00817. The monoisotopic (exact) mass is 469 g/mol. The summed E-state index contributed by atoms with van der Waals surface area (Å²) < 4.78 is 42.0. The van der Waals surface area contributed by atoms with Crippen molar-refractivity contribution in [2.75, 3.05) is 40.7 Å². The number of carboxylic acids is 1. The van der Waals surface area contributed by atoms with Crippen molar-refractivity contribution in [1.82, 2.24) is 0 Å². The maximum Gasteiger partial charge on any atom is 0.335 e. The van der Waals surface area contributed by atoms with Crippen molar-refractivity contribution in [2.45, 2.75) is 11.8 Å². The Kier molecular flexibility index (Phi) is 6.24. The molecule has 0 aromatic heterocycles. The average molecular weight is 470 g/mol. The highest BCUT2D eigenvalue weighted by atomic mass is 32.2. The highest BCUT2D eigenvalue weighted by molar-refractivity contribution is 7.92. The summed E-state index contributed by atoms with van der Waals surface area (Å²) in [4.78, 5) is 15.8. The number of sulfonamides is 1. The molecule has 3 aromatic rings. The molecule has 1 aliphatic rings. The smallest absolute Gasteiger partial charge is 0.335 e. The normalized spacial score (nSPS) is 14.2. The van der Waals surface area contributed by atoms with Crippen molar-refractivity contribution >= 4 is 33.1 Å². The van der Waals surface area contributed by atoms with Crippen LogP contribution in [-0.4, -0.2) is 45.7 Å². The van der Waals surface area contributed by atoms with Crippen molar-refractivity contribution in [3.63, 3.8) is 0 Å². The van der Waals surface area contributed by atoms with Gasteiger partial charge in [0.2, 0.25) is 0 Å². The van der Waals surface area contributed by atoms with Crippen molar-refractivity contribution in [3.05, 3.63) is 83.7 Å². The third kappa shape index (κ3) is 4.93. The van der Waals surface area contributed by atoms with Crippen LogP contribution in [0.5, 0.6) is 0 Å². The number of piperazine rings is 1. The van der Waals surface area contributed by atoms with Crippen LogP contribution in [0.1, 0.15) is 15.9 Å². The molecule has 9 heteroatoms. The van der Waals surface area contributed by atoms with Gasteiger partial charge in [-0.15, -0.1) is 0 Å². The molecule has 1 heterocycles. The van der Waals surface area contributed by atoms with Crippen molar-refractivity contribution in [2.24, 2.45) is 0 Å².